The van der Waals surface area contributed by atoms with Gasteiger partial charge in [0.05, 0.1) is 59.6 Å². The lowest BCUT2D eigenvalue weighted by molar-refractivity contribution is -0.137. The molecular formula is C35H27Cl3F4N8O6S3. The first kappa shape index (κ1) is 49.6. The zero-order valence-corrected chi connectivity index (χ0v) is 35.5. The molecule has 24 heteroatoms. The van der Waals surface area contributed by atoms with Crippen molar-refractivity contribution in [3.8, 4) is 12.1 Å². The summed E-state index contributed by atoms with van der Waals surface area (Å²) in [5, 5.41) is 26.0. The van der Waals surface area contributed by atoms with Crippen molar-refractivity contribution in [2.75, 3.05) is 31.4 Å². The lowest BCUT2D eigenvalue weighted by Crippen LogP contribution is -2.01. The fraction of sp³-hybridized carbons (Fsp3) is 0.171. The fourth-order valence-corrected chi connectivity index (χ4v) is 6.55. The second kappa shape index (κ2) is 22.6. The van der Waals surface area contributed by atoms with Crippen LogP contribution in [-0.4, -0.2) is 62.9 Å². The number of nitriles is 2. The highest BCUT2D eigenvalue weighted by Gasteiger charge is 2.19. The normalized spacial score (nSPS) is 9.88. The van der Waals surface area contributed by atoms with Crippen LogP contribution in [0, 0.1) is 66.7 Å². The maximum absolute atomic E-state index is 13.3. The number of carbonyl (C=O) groups excluding carboxylic acids is 2. The molecule has 310 valence electrons. The number of halogens is 7. The van der Waals surface area contributed by atoms with Crippen molar-refractivity contribution in [3.63, 3.8) is 0 Å². The van der Waals surface area contributed by atoms with Gasteiger partial charge in [0.15, 0.2) is 11.0 Å². The molecule has 6 rings (SSSR count). The summed E-state index contributed by atoms with van der Waals surface area (Å²) in [6.07, 6.45) is 0. The third kappa shape index (κ3) is 13.2. The van der Waals surface area contributed by atoms with Crippen LogP contribution in [0.5, 0.6) is 0 Å². The van der Waals surface area contributed by atoms with Crippen molar-refractivity contribution < 1.29 is 46.5 Å². The van der Waals surface area contributed by atoms with E-state index >= 15 is 0 Å². The minimum Gasteiger partial charge on any atom is -0.477 e. The van der Waals surface area contributed by atoms with Crippen molar-refractivity contribution in [1.82, 2.24) is 19.9 Å². The monoisotopic (exact) mass is 932 g/mol. The number of carboxylic acid groups (broad SMARTS) is 1. The number of ether oxygens (including phenoxy) is 2. The summed E-state index contributed by atoms with van der Waals surface area (Å²) >= 11 is 21.9. The Morgan fingerprint density at radius 3 is 1.53 bits per heavy atom. The molecule has 0 saturated heterocycles. The first-order valence-corrected chi connectivity index (χ1v) is 18.9. The Kier molecular flexibility index (Phi) is 19.0. The molecule has 0 amide bonds. The van der Waals surface area contributed by atoms with Gasteiger partial charge in [0.2, 0.25) is 0 Å². The molecule has 59 heavy (non-hydrogen) atoms. The summed E-state index contributed by atoms with van der Waals surface area (Å²) < 4.78 is 60.4. The summed E-state index contributed by atoms with van der Waals surface area (Å²) in [6, 6.07) is 7.92. The molecule has 0 saturated carbocycles. The van der Waals surface area contributed by atoms with Gasteiger partial charge in [0, 0.05) is 10.8 Å². The number of nitrogens with zero attached hydrogens (tertiary/aromatic N) is 6. The molecule has 0 spiro atoms. The summed E-state index contributed by atoms with van der Waals surface area (Å²) in [5.74, 6) is -3.95. The highest BCUT2D eigenvalue weighted by atomic mass is 35.5. The molecule has 6 aromatic heterocycles. The Bertz CT molecular complexity index is 2570. The third-order valence-electron chi connectivity index (χ3n) is 6.85. The van der Waals surface area contributed by atoms with Crippen LogP contribution < -0.4 is 11.5 Å². The first-order valence-electron chi connectivity index (χ1n) is 15.5. The topological polar surface area (TPSA) is 241 Å². The predicted molar refractivity (Wildman–Crippen MR) is 219 cm³/mol. The first-order chi connectivity index (χ1) is 27.6. The largest absolute Gasteiger partial charge is 0.477 e. The van der Waals surface area contributed by atoms with Gasteiger partial charge in [-0.2, -0.15) is 23.2 Å². The van der Waals surface area contributed by atoms with Gasteiger partial charge in [0.1, 0.15) is 59.3 Å². The molecule has 0 bridgehead atoms. The van der Waals surface area contributed by atoms with Crippen molar-refractivity contribution in [2.45, 2.75) is 20.8 Å². The molecule has 0 aliphatic carbocycles. The number of carboxylic acids is 1. The number of methoxy groups -OCH3 is 2. The van der Waals surface area contributed by atoms with E-state index in [1.807, 2.05) is 0 Å². The minimum atomic E-state index is -1.12. The molecule has 0 unspecified atom stereocenters. The van der Waals surface area contributed by atoms with Crippen molar-refractivity contribution in [2.24, 2.45) is 0 Å². The van der Waals surface area contributed by atoms with Crippen LogP contribution in [0.25, 0.3) is 20.4 Å². The van der Waals surface area contributed by atoms with E-state index in [9.17, 15) is 31.9 Å². The number of thiol groups is 1. The summed E-state index contributed by atoms with van der Waals surface area (Å²) in [4.78, 5) is 48.2. The Morgan fingerprint density at radius 2 is 1.12 bits per heavy atom. The molecule has 0 fully saturated rings. The molecule has 0 radical (unpaired) electrons. The predicted octanol–water partition coefficient (Wildman–Crippen LogP) is 8.68. The van der Waals surface area contributed by atoms with Gasteiger partial charge in [-0.1, -0.05) is 34.8 Å². The number of aromatic carboxylic acids is 1. The smallest absolute Gasteiger partial charge is 0.350 e. The number of aromatic nitrogens is 4. The Labute approximate surface area is 360 Å². The Morgan fingerprint density at radius 1 is 0.712 bits per heavy atom. The van der Waals surface area contributed by atoms with Crippen LogP contribution in [0.4, 0.5) is 28.9 Å². The average molecular weight is 934 g/mol. The SMILES string of the molecule is COC(=O)CS.COC(=O)c1sc2nc(C)c(F)cc2c1N.Cc1nc(Cl)c(C#N)cc1F.Cc1nc2sc(C(=O)O)c(N)c2cc1F.N#Cc1cc(F)c(Cl)nc1Cl. The van der Waals surface area contributed by atoms with Gasteiger partial charge in [-0.05, 0) is 45.0 Å². The number of hydrogen-bond donors (Lipinski definition) is 4. The number of pyridine rings is 4. The molecule has 5 N–H and O–H groups in total. The lowest BCUT2D eigenvalue weighted by atomic mass is 10.2. The standard InChI is InChI=1S/C10H9FN2O2S.C9H7FN2O2S.C7H4ClFN2.C6HCl2FN2.C3H6O2S/c1-4-6(11)3-5-7(12)8(10(14)15-2)16-9(5)13-4;1-3-5(10)2-4-6(11)7(9(13)14)15-8(4)12-3;1-4-6(9)2-5(3-10)7(8)11-4;7-5-3(2-10)1-4(9)6(8)11-5;1-5-3(4)2-6/h3H,12H2,1-2H3;2H,11H2,1H3,(H,13,14);2H,1H3;1H;6H,2H2,1H3. The van der Waals surface area contributed by atoms with Gasteiger partial charge in [0.25, 0.3) is 0 Å². The number of fused-ring (bicyclic) bond motifs is 2. The number of anilines is 2. The van der Waals surface area contributed by atoms with Crippen LogP contribution in [0.3, 0.4) is 0 Å². The van der Waals surface area contributed by atoms with Crippen molar-refractivity contribution >= 4 is 120 Å². The van der Waals surface area contributed by atoms with Crippen LogP contribution in [-0.2, 0) is 14.3 Å². The highest BCUT2D eigenvalue weighted by Crippen LogP contribution is 2.34. The molecule has 0 aliphatic heterocycles. The van der Waals surface area contributed by atoms with Gasteiger partial charge in [-0.15, -0.1) is 22.7 Å². The number of thiophene rings is 2. The van der Waals surface area contributed by atoms with E-state index in [4.69, 9.17) is 61.9 Å². The Hall–Kier alpha value is -5.55. The number of esters is 2. The van der Waals surface area contributed by atoms with Gasteiger partial charge >= 0.3 is 17.9 Å². The Balaban J connectivity index is 0.000000262. The molecule has 14 nitrogen and oxygen atoms in total. The second-order valence-corrected chi connectivity index (χ2v) is 14.1. The van der Waals surface area contributed by atoms with Crippen LogP contribution in [0.15, 0.2) is 24.3 Å². The number of carbonyl (C=O) groups is 3. The molecule has 0 aliphatic rings. The van der Waals surface area contributed by atoms with E-state index in [2.05, 4.69) is 42.0 Å². The van der Waals surface area contributed by atoms with E-state index in [0.29, 0.717) is 20.4 Å². The number of nitrogens with two attached hydrogens (primary N) is 2. The zero-order chi connectivity index (χ0) is 44.9. The van der Waals surface area contributed by atoms with Crippen LogP contribution in [0.1, 0.15) is 47.6 Å². The quantitative estimate of drug-likeness (QED) is 0.0562. The lowest BCUT2D eigenvalue weighted by Gasteiger charge is -1.96. The van der Waals surface area contributed by atoms with Gasteiger partial charge in [-0.3, -0.25) is 4.79 Å². The number of nitrogen functional groups attached to an aromatic ring is 2. The molecule has 6 heterocycles. The maximum atomic E-state index is 13.3. The van der Waals surface area contributed by atoms with E-state index in [-0.39, 0.29) is 76.5 Å². The van der Waals surface area contributed by atoms with Crippen LogP contribution >= 0.6 is 70.1 Å². The molecular weight excluding hydrogens is 907 g/mol. The van der Waals surface area contributed by atoms with Gasteiger partial charge < -0.3 is 26.0 Å². The second-order valence-electron chi connectivity index (χ2n) is 10.8. The minimum absolute atomic E-state index is 0.00231. The van der Waals surface area contributed by atoms with E-state index in [0.717, 1.165) is 34.8 Å². The number of rotatable bonds is 3. The van der Waals surface area contributed by atoms with Crippen LogP contribution in [0.2, 0.25) is 15.5 Å². The summed E-state index contributed by atoms with van der Waals surface area (Å²) in [7, 11) is 2.60. The number of aryl methyl sites for hydroxylation is 3. The van der Waals surface area contributed by atoms with Gasteiger partial charge in [-0.25, -0.2) is 47.1 Å². The summed E-state index contributed by atoms with van der Waals surface area (Å²) in [6.45, 7) is 4.57. The average Bonchev–Trinajstić information content (AvgIpc) is 3.69. The fourth-order valence-electron chi connectivity index (χ4n) is 3.83. The zero-order valence-electron chi connectivity index (χ0n) is 30.8. The number of hydrogen-bond acceptors (Lipinski definition) is 16. The van der Waals surface area contributed by atoms with Crippen molar-refractivity contribution in [3.05, 3.63) is 101 Å². The molecule has 6 aromatic rings. The van der Waals surface area contributed by atoms with E-state index < -0.39 is 35.2 Å². The third-order valence-corrected chi connectivity index (χ3v) is 10.2. The maximum Gasteiger partial charge on any atom is 0.350 e. The molecule has 0 aromatic carbocycles. The van der Waals surface area contributed by atoms with E-state index in [1.165, 1.54) is 40.2 Å². The molecule has 0 atom stereocenters. The highest BCUT2D eigenvalue weighted by molar-refractivity contribution is 7.81. The summed E-state index contributed by atoms with van der Waals surface area (Å²) in [5.41, 5.74) is 12.4. The van der Waals surface area contributed by atoms with E-state index in [1.54, 1.807) is 19.1 Å². The van der Waals surface area contributed by atoms with Crippen molar-refractivity contribution in [1.29, 1.82) is 10.5 Å².